The van der Waals surface area contributed by atoms with Gasteiger partial charge in [-0.2, -0.15) is 4.31 Å². The van der Waals surface area contributed by atoms with Crippen LogP contribution >= 0.6 is 22.9 Å². The normalized spacial score (nSPS) is 15.4. The average Bonchev–Trinajstić information content (AvgIpc) is 3.23. The van der Waals surface area contributed by atoms with Gasteiger partial charge >= 0.3 is 12.3 Å². The lowest BCUT2D eigenvalue weighted by molar-refractivity contribution is -0.275. The Morgan fingerprint density at radius 2 is 1.86 bits per heavy atom. The summed E-state index contributed by atoms with van der Waals surface area (Å²) < 4.78 is 75.0. The summed E-state index contributed by atoms with van der Waals surface area (Å²) in [6.07, 6.45) is -5.02. The van der Waals surface area contributed by atoms with Crippen LogP contribution in [-0.4, -0.2) is 62.8 Å². The van der Waals surface area contributed by atoms with Crippen LogP contribution in [0.5, 0.6) is 5.75 Å². The molecule has 3 aromatic rings. The van der Waals surface area contributed by atoms with Crippen molar-refractivity contribution in [3.05, 3.63) is 47.0 Å². The molecule has 0 radical (unpaired) electrons. The summed E-state index contributed by atoms with van der Waals surface area (Å²) >= 11 is 7.60. The minimum Gasteiger partial charge on any atom is -0.462 e. The second-order valence-corrected chi connectivity index (χ2v) is 10.7. The summed E-state index contributed by atoms with van der Waals surface area (Å²) in [5.74, 6) is -1.28. The highest BCUT2D eigenvalue weighted by Gasteiger charge is 2.36. The topological polar surface area (TPSA) is 89.0 Å². The number of rotatable bonds is 6. The number of para-hydroxylation sites is 1. The standard InChI is InChI=1S/C21H19ClF3N3O5S2/c1-2-32-19(29)13-11-14(22)18-16(12-13)34-20(26-18)27-7-9-28(10-8-27)35(30,31)17-6-4-3-5-15(17)33-21(23,24)25/h3-6,11-12H,2,7-10H2,1H3. The van der Waals surface area contributed by atoms with Gasteiger partial charge in [0.1, 0.15) is 16.2 Å². The number of hydrogen-bond acceptors (Lipinski definition) is 8. The molecule has 0 saturated carbocycles. The van der Waals surface area contributed by atoms with Crippen molar-refractivity contribution in [3.8, 4) is 5.75 Å². The van der Waals surface area contributed by atoms with Gasteiger partial charge in [0.2, 0.25) is 10.0 Å². The van der Waals surface area contributed by atoms with Gasteiger partial charge in [0, 0.05) is 26.2 Å². The van der Waals surface area contributed by atoms with E-state index in [2.05, 4.69) is 9.72 Å². The van der Waals surface area contributed by atoms with Crippen molar-refractivity contribution in [1.82, 2.24) is 9.29 Å². The Hall–Kier alpha value is -2.61. The van der Waals surface area contributed by atoms with Crippen LogP contribution in [0.3, 0.4) is 0 Å². The fourth-order valence-corrected chi connectivity index (χ4v) is 6.51. The lowest BCUT2D eigenvalue weighted by atomic mass is 10.2. The Morgan fingerprint density at radius 1 is 1.17 bits per heavy atom. The molecule has 14 heteroatoms. The number of hydrogen-bond donors (Lipinski definition) is 0. The monoisotopic (exact) mass is 549 g/mol. The van der Waals surface area contributed by atoms with Crippen LogP contribution in [0.15, 0.2) is 41.3 Å². The number of ether oxygens (including phenoxy) is 2. The van der Waals surface area contributed by atoms with Crippen molar-refractivity contribution in [2.24, 2.45) is 0 Å². The highest BCUT2D eigenvalue weighted by Crippen LogP contribution is 2.36. The Morgan fingerprint density at radius 3 is 2.51 bits per heavy atom. The molecule has 0 N–H and O–H groups in total. The van der Waals surface area contributed by atoms with Crippen molar-refractivity contribution in [2.45, 2.75) is 18.2 Å². The van der Waals surface area contributed by atoms with Gasteiger partial charge in [-0.3, -0.25) is 0 Å². The summed E-state index contributed by atoms with van der Waals surface area (Å²) in [7, 11) is -4.23. The van der Waals surface area contributed by atoms with Gasteiger partial charge in [-0.05, 0) is 31.2 Å². The lowest BCUT2D eigenvalue weighted by Crippen LogP contribution is -2.48. The number of piperazine rings is 1. The van der Waals surface area contributed by atoms with E-state index in [0.717, 1.165) is 16.4 Å². The van der Waals surface area contributed by atoms with E-state index >= 15 is 0 Å². The number of thiazole rings is 1. The summed E-state index contributed by atoms with van der Waals surface area (Å²) in [5.41, 5.74) is 0.809. The van der Waals surface area contributed by atoms with Crippen LogP contribution in [0, 0.1) is 0 Å². The number of aromatic nitrogens is 1. The molecule has 0 aliphatic carbocycles. The zero-order valence-corrected chi connectivity index (χ0v) is 20.6. The van der Waals surface area contributed by atoms with Crippen LogP contribution in [0.1, 0.15) is 17.3 Å². The minimum absolute atomic E-state index is 0.0282. The first-order valence-electron chi connectivity index (χ1n) is 10.4. The van der Waals surface area contributed by atoms with Crippen LogP contribution < -0.4 is 9.64 Å². The first kappa shape index (κ1) is 25.5. The molecule has 0 atom stereocenters. The predicted molar refractivity (Wildman–Crippen MR) is 125 cm³/mol. The molecular weight excluding hydrogens is 531 g/mol. The van der Waals surface area contributed by atoms with Gasteiger partial charge in [0.15, 0.2) is 5.13 Å². The quantitative estimate of drug-likeness (QED) is 0.417. The number of anilines is 1. The SMILES string of the molecule is CCOC(=O)c1cc(Cl)c2nc(N3CCN(S(=O)(=O)c4ccccc4OC(F)(F)F)CC3)sc2c1. The zero-order chi connectivity index (χ0) is 25.4. The fraction of sp³-hybridized carbons (Fsp3) is 0.333. The Kier molecular flexibility index (Phi) is 7.13. The number of alkyl halides is 3. The summed E-state index contributed by atoms with van der Waals surface area (Å²) in [4.78, 5) is 17.9. The van der Waals surface area contributed by atoms with Crippen LogP contribution in [0.4, 0.5) is 18.3 Å². The van der Waals surface area contributed by atoms with Gasteiger partial charge < -0.3 is 14.4 Å². The maximum Gasteiger partial charge on any atom is 0.573 e. The molecule has 2 aromatic carbocycles. The molecule has 1 aliphatic rings. The Labute approximate surface area is 207 Å². The highest BCUT2D eigenvalue weighted by molar-refractivity contribution is 7.89. The fourth-order valence-electron chi connectivity index (χ4n) is 3.58. The maximum atomic E-state index is 13.1. The number of nitrogens with zero attached hydrogens (tertiary/aromatic N) is 3. The Bertz CT molecular complexity index is 1360. The number of halogens is 4. The third kappa shape index (κ3) is 5.47. The molecule has 1 saturated heterocycles. The van der Waals surface area contributed by atoms with Gasteiger partial charge in [0.05, 0.1) is 21.9 Å². The third-order valence-corrected chi connectivity index (χ3v) is 8.44. The molecular formula is C21H19ClF3N3O5S2. The van der Waals surface area contributed by atoms with E-state index in [-0.39, 0.29) is 37.8 Å². The third-order valence-electron chi connectivity index (χ3n) is 5.15. The first-order valence-corrected chi connectivity index (χ1v) is 13.0. The van der Waals surface area contributed by atoms with Crippen molar-refractivity contribution in [1.29, 1.82) is 0 Å². The Balaban J connectivity index is 1.52. The average molecular weight is 550 g/mol. The maximum absolute atomic E-state index is 13.1. The zero-order valence-electron chi connectivity index (χ0n) is 18.2. The van der Waals surface area contributed by atoms with E-state index in [9.17, 15) is 26.4 Å². The smallest absolute Gasteiger partial charge is 0.462 e. The molecule has 1 aliphatic heterocycles. The molecule has 2 heterocycles. The second-order valence-electron chi connectivity index (χ2n) is 7.41. The van der Waals surface area contributed by atoms with Crippen LogP contribution in [0.25, 0.3) is 10.2 Å². The molecule has 0 amide bonds. The molecule has 0 unspecified atom stereocenters. The van der Waals surface area contributed by atoms with Crippen molar-refractivity contribution in [2.75, 3.05) is 37.7 Å². The molecule has 1 fully saturated rings. The van der Waals surface area contributed by atoms with Crippen molar-refractivity contribution >= 4 is 54.3 Å². The van der Waals surface area contributed by atoms with Gasteiger partial charge in [-0.25, -0.2) is 18.2 Å². The van der Waals surface area contributed by atoms with E-state index in [4.69, 9.17) is 16.3 Å². The van der Waals surface area contributed by atoms with Gasteiger partial charge in [0.25, 0.3) is 0 Å². The van der Waals surface area contributed by atoms with Gasteiger partial charge in [-0.15, -0.1) is 13.2 Å². The summed E-state index contributed by atoms with van der Waals surface area (Å²) in [6.45, 7) is 2.49. The largest absolute Gasteiger partial charge is 0.573 e. The highest BCUT2D eigenvalue weighted by atomic mass is 35.5. The molecule has 0 spiro atoms. The van der Waals surface area contributed by atoms with E-state index in [1.54, 1.807) is 13.0 Å². The van der Waals surface area contributed by atoms with E-state index in [1.165, 1.54) is 29.5 Å². The van der Waals surface area contributed by atoms with E-state index in [1.807, 2.05) is 4.90 Å². The summed E-state index contributed by atoms with van der Waals surface area (Å²) in [5, 5.41) is 0.872. The molecule has 4 rings (SSSR count). The summed E-state index contributed by atoms with van der Waals surface area (Å²) in [6, 6.07) is 7.77. The number of carbonyl (C=O) groups excluding carboxylic acids is 1. The van der Waals surface area contributed by atoms with Crippen LogP contribution in [0.2, 0.25) is 5.02 Å². The number of fused-ring (bicyclic) bond motifs is 1. The molecule has 8 nitrogen and oxygen atoms in total. The molecule has 1 aromatic heterocycles. The number of sulfonamides is 1. The molecule has 0 bridgehead atoms. The predicted octanol–water partition coefficient (Wildman–Crippen LogP) is 4.54. The van der Waals surface area contributed by atoms with Gasteiger partial charge in [-0.1, -0.05) is 35.1 Å². The van der Waals surface area contributed by atoms with Crippen molar-refractivity contribution < 1.29 is 35.9 Å². The number of benzene rings is 2. The van der Waals surface area contributed by atoms with E-state index in [0.29, 0.717) is 20.9 Å². The molecule has 188 valence electrons. The molecule has 35 heavy (non-hydrogen) atoms. The lowest BCUT2D eigenvalue weighted by Gasteiger charge is -2.34. The van der Waals surface area contributed by atoms with E-state index < -0.39 is 33.0 Å². The van der Waals surface area contributed by atoms with Crippen LogP contribution in [-0.2, 0) is 14.8 Å². The minimum atomic E-state index is -5.02. The first-order chi connectivity index (χ1) is 16.5. The number of esters is 1. The number of carbonyl (C=O) groups is 1. The second kappa shape index (κ2) is 9.80. The van der Waals surface area contributed by atoms with Crippen molar-refractivity contribution in [3.63, 3.8) is 0 Å².